The summed E-state index contributed by atoms with van der Waals surface area (Å²) in [6, 6.07) is -0.334. The van der Waals surface area contributed by atoms with E-state index in [4.69, 9.17) is 6.15 Å². The molecule has 0 aromatic carbocycles. The molecule has 0 bridgehead atoms. The molecule has 0 amide bonds. The second-order valence-electron chi connectivity index (χ2n) is 2.03. The molecule has 0 unspecified atom stereocenters. The van der Waals surface area contributed by atoms with Gasteiger partial charge in [-0.1, -0.05) is 0 Å². The summed E-state index contributed by atoms with van der Waals surface area (Å²) in [6.45, 7) is 0.331. The van der Waals surface area contributed by atoms with Crippen molar-refractivity contribution in [2.45, 2.75) is 6.04 Å². The Morgan fingerprint density at radius 2 is 2.73 bits per heavy atom. The third kappa shape index (κ3) is 3.75. The van der Waals surface area contributed by atoms with E-state index in [9.17, 15) is 4.79 Å². The van der Waals surface area contributed by atoms with Crippen LogP contribution in [0.1, 0.15) is 0 Å². The fourth-order valence-electron chi connectivity index (χ4n) is 0.673. The zero-order valence-electron chi connectivity index (χ0n) is 7.76. The van der Waals surface area contributed by atoms with Crippen LogP contribution in [-0.2, 0) is 9.53 Å². The molecule has 0 aromatic heterocycles. The summed E-state index contributed by atoms with van der Waals surface area (Å²) < 4.78 is 11.4. The number of carbonyl (C=O) groups excluding carboxylic acids is 1. The number of methoxy groups -OCH3 is 1. The predicted molar refractivity (Wildman–Crippen MR) is 43.1 cm³/mol. The number of hydrogen-bond donors (Lipinski definition) is 2. The fourth-order valence-corrected chi connectivity index (χ4v) is 0.673. The Hall–Kier alpha value is -0.870. The Labute approximate surface area is 67.9 Å². The number of nitrogens with two attached hydrogens (primary N) is 1. The van der Waals surface area contributed by atoms with Crippen molar-refractivity contribution in [1.82, 2.24) is 5.32 Å². The summed E-state index contributed by atoms with van der Waals surface area (Å²) in [5, 5.41) is 2.80. The smallest absolute Gasteiger partial charge is 0.176 e. The average molecular weight is 160 g/mol. The summed E-state index contributed by atoms with van der Waals surface area (Å²) in [6.07, 6.45) is 2.56. The van der Waals surface area contributed by atoms with Crippen LogP contribution >= 0.6 is 0 Å². The molecule has 0 radical (unpaired) electrons. The van der Waals surface area contributed by atoms with Crippen LogP contribution < -0.4 is 11.0 Å². The molecule has 64 valence electrons. The van der Waals surface area contributed by atoms with Crippen molar-refractivity contribution < 1.29 is 10.9 Å². The Morgan fingerprint density at radius 3 is 3.18 bits per heavy atom. The molecule has 4 heteroatoms. The third-order valence-electron chi connectivity index (χ3n) is 1.27. The molecule has 0 aliphatic carbocycles. The standard InChI is InChI=1S/C7H14N2O2/c1-9-6(5-11-2)7(10)3-4-8/h3-4,6,9H,5,8H2,1-2H3/t6-/m0/s1/i/hT. The molecule has 1 atom stereocenters. The number of nitrogens with one attached hydrogen (secondary N) is 1. The minimum absolute atomic E-state index is 0.112. The molecular formula is C7H14N2O2. The van der Waals surface area contributed by atoms with Crippen LogP contribution in [0.25, 0.3) is 0 Å². The first-order valence-corrected chi connectivity index (χ1v) is 3.30. The minimum atomic E-state index is -0.334. The molecule has 0 heterocycles. The normalized spacial score (nSPS) is 14.5. The molecule has 4 nitrogen and oxygen atoms in total. The molecule has 0 aliphatic rings. The summed E-state index contributed by atoms with van der Waals surface area (Å²) in [7, 11) is 3.22. The zero-order valence-corrected chi connectivity index (χ0v) is 6.76. The van der Waals surface area contributed by atoms with Gasteiger partial charge in [0.15, 0.2) is 7.20 Å². The monoisotopic (exact) mass is 160 g/mol. The van der Waals surface area contributed by atoms with E-state index < -0.39 is 0 Å². The van der Waals surface area contributed by atoms with Crippen LogP contribution in [0, 0.1) is 0 Å². The van der Waals surface area contributed by atoms with Gasteiger partial charge in [-0.15, -0.1) is 0 Å². The van der Waals surface area contributed by atoms with Crippen LogP contribution in [0.4, 0.5) is 0 Å². The maximum absolute atomic E-state index is 11.2. The van der Waals surface area contributed by atoms with E-state index in [-0.39, 0.29) is 11.8 Å². The number of ketones is 1. The van der Waals surface area contributed by atoms with Gasteiger partial charge in [0.2, 0.25) is 0 Å². The van der Waals surface area contributed by atoms with Gasteiger partial charge in [-0.3, -0.25) is 4.79 Å². The van der Waals surface area contributed by atoms with Crippen molar-refractivity contribution in [3.8, 4) is 0 Å². The molecule has 0 saturated carbocycles. The van der Waals surface area contributed by atoms with Crippen molar-refractivity contribution in [1.29, 1.82) is 0 Å². The van der Waals surface area contributed by atoms with Gasteiger partial charge in [0.25, 0.3) is 0 Å². The number of rotatable bonds is 6. The van der Waals surface area contributed by atoms with E-state index in [0.717, 1.165) is 0 Å². The highest BCUT2D eigenvalue weighted by Crippen LogP contribution is 1.87. The highest BCUT2D eigenvalue weighted by molar-refractivity contribution is 5.94. The number of ether oxygens (including phenoxy) is 1. The molecule has 11 heavy (non-hydrogen) atoms. The van der Waals surface area contributed by atoms with Gasteiger partial charge in [0, 0.05) is 7.11 Å². The number of hydrogen-bond acceptors (Lipinski definition) is 4. The lowest BCUT2D eigenvalue weighted by molar-refractivity contribution is -0.117. The predicted octanol–water partition coefficient (Wildman–Crippen LogP) is -0.738. The molecule has 0 aromatic rings. The fraction of sp³-hybridized carbons (Fsp3) is 0.571. The van der Waals surface area contributed by atoms with Crippen molar-refractivity contribution in [2.75, 3.05) is 20.8 Å². The Bertz CT molecular complexity index is 161. The average Bonchev–Trinajstić information content (AvgIpc) is 2.10. The highest BCUT2D eigenvalue weighted by Gasteiger charge is 2.11. The topological polar surface area (TPSA) is 64.4 Å². The minimum Gasteiger partial charge on any atom is -0.404 e. The Balaban J connectivity index is 3.93. The highest BCUT2D eigenvalue weighted by atomic mass is 16.5. The maximum atomic E-state index is 11.2. The summed E-state index contributed by atoms with van der Waals surface area (Å²) in [5.74, 6) is -0.112. The van der Waals surface area contributed by atoms with Gasteiger partial charge < -0.3 is 15.8 Å². The molecule has 0 spiro atoms. The van der Waals surface area contributed by atoms with Crippen LogP contribution in [0.15, 0.2) is 12.3 Å². The van der Waals surface area contributed by atoms with E-state index in [1.54, 1.807) is 7.05 Å². The first kappa shape index (κ1) is 8.23. The van der Waals surface area contributed by atoms with Gasteiger partial charge in [-0.05, 0) is 19.3 Å². The van der Waals surface area contributed by atoms with Gasteiger partial charge in [-0.2, -0.15) is 0 Å². The molecular weight excluding hydrogens is 144 g/mol. The Morgan fingerprint density at radius 1 is 2.00 bits per heavy atom. The van der Waals surface area contributed by atoms with Gasteiger partial charge in [0.05, 0.1) is 12.6 Å². The lowest BCUT2D eigenvalue weighted by Gasteiger charge is -2.10. The van der Waals surface area contributed by atoms with Gasteiger partial charge in [0.1, 0.15) is 0 Å². The SMILES string of the molecule is [3H]NC=CC(=O)[C@H](COC)NC. The number of carbonyl (C=O) groups is 1. The van der Waals surface area contributed by atoms with E-state index in [2.05, 4.69) is 5.32 Å². The first-order chi connectivity index (χ1) is 5.76. The first-order valence-electron chi connectivity index (χ1n) is 3.80. The zero-order chi connectivity index (χ0) is 9.40. The van der Waals surface area contributed by atoms with Crippen LogP contribution in [0.2, 0.25) is 1.41 Å². The van der Waals surface area contributed by atoms with Crippen LogP contribution in [0.3, 0.4) is 0 Å². The molecule has 0 aliphatic heterocycles. The van der Waals surface area contributed by atoms with Crippen LogP contribution in [0.5, 0.6) is 0 Å². The summed E-state index contributed by atoms with van der Waals surface area (Å²) >= 11 is 0. The van der Waals surface area contributed by atoms with E-state index in [1.165, 1.54) is 19.4 Å². The quantitative estimate of drug-likeness (QED) is 0.502. The lowest BCUT2D eigenvalue weighted by Crippen LogP contribution is -2.37. The molecule has 3 N–H and O–H groups in total. The number of likely N-dealkylation sites (N-methyl/N-ethyl adjacent to an activating group) is 1. The van der Waals surface area contributed by atoms with Gasteiger partial charge in [-0.25, -0.2) is 0 Å². The van der Waals surface area contributed by atoms with E-state index in [0.29, 0.717) is 6.61 Å². The van der Waals surface area contributed by atoms with Gasteiger partial charge >= 0.3 is 0 Å². The molecule has 0 rings (SSSR count). The van der Waals surface area contributed by atoms with E-state index in [1.807, 2.05) is 5.73 Å². The second-order valence-corrected chi connectivity index (χ2v) is 2.03. The second kappa shape index (κ2) is 5.88. The molecule has 0 fully saturated rings. The third-order valence-corrected chi connectivity index (χ3v) is 1.27. The lowest BCUT2D eigenvalue weighted by atomic mass is 10.2. The summed E-state index contributed by atoms with van der Waals surface area (Å²) in [5.41, 5.74) is 2.00. The van der Waals surface area contributed by atoms with E-state index >= 15 is 0 Å². The van der Waals surface area contributed by atoms with Crippen molar-refractivity contribution in [3.05, 3.63) is 12.3 Å². The van der Waals surface area contributed by atoms with Crippen molar-refractivity contribution >= 4 is 5.78 Å². The Kier molecular flexibility index (Phi) is 4.40. The largest absolute Gasteiger partial charge is 0.404 e. The van der Waals surface area contributed by atoms with Crippen LogP contribution in [-0.4, -0.2) is 32.6 Å². The molecule has 0 saturated heterocycles. The summed E-state index contributed by atoms with van der Waals surface area (Å²) in [4.78, 5) is 11.2. The van der Waals surface area contributed by atoms with Crippen molar-refractivity contribution in [2.24, 2.45) is 5.73 Å². The van der Waals surface area contributed by atoms with Crippen molar-refractivity contribution in [3.63, 3.8) is 0 Å². The maximum Gasteiger partial charge on any atom is 0.176 e.